The molecule has 150 valence electrons. The predicted octanol–water partition coefficient (Wildman–Crippen LogP) is 3.69. The molecule has 29 heavy (non-hydrogen) atoms. The van der Waals surface area contributed by atoms with Gasteiger partial charge in [-0.25, -0.2) is 4.68 Å². The Hall–Kier alpha value is -2.92. The van der Waals surface area contributed by atoms with Crippen molar-refractivity contribution in [1.29, 1.82) is 0 Å². The molecule has 1 N–H and O–H groups in total. The first-order valence-corrected chi connectivity index (χ1v) is 10.4. The van der Waals surface area contributed by atoms with Crippen molar-refractivity contribution in [1.82, 2.24) is 14.7 Å². The second kappa shape index (κ2) is 9.52. The fourth-order valence-corrected chi connectivity index (χ4v) is 3.74. The number of hydrogen-bond acceptors (Lipinski definition) is 4. The molecule has 5 nitrogen and oxygen atoms in total. The van der Waals surface area contributed by atoms with E-state index in [0.717, 1.165) is 18.7 Å². The molecule has 0 bridgehead atoms. The fourth-order valence-electron chi connectivity index (χ4n) is 3.74. The van der Waals surface area contributed by atoms with Crippen LogP contribution in [0.15, 0.2) is 71.7 Å². The van der Waals surface area contributed by atoms with Crippen LogP contribution in [0, 0.1) is 0 Å². The molecule has 1 aromatic heterocycles. The van der Waals surface area contributed by atoms with E-state index < -0.39 is 0 Å². The molecule has 5 heteroatoms. The lowest BCUT2D eigenvalue weighted by Gasteiger charge is -2.14. The zero-order valence-corrected chi connectivity index (χ0v) is 16.8. The maximum Gasteiger partial charge on any atom is 0.268 e. The van der Waals surface area contributed by atoms with E-state index in [1.165, 1.54) is 47.3 Å². The van der Waals surface area contributed by atoms with Crippen LogP contribution in [-0.4, -0.2) is 27.8 Å². The van der Waals surface area contributed by atoms with Crippen LogP contribution in [0.3, 0.4) is 0 Å². The van der Waals surface area contributed by atoms with Gasteiger partial charge in [-0.3, -0.25) is 9.69 Å². The first kappa shape index (κ1) is 19.4. The molecule has 0 radical (unpaired) electrons. The summed E-state index contributed by atoms with van der Waals surface area (Å²) in [4.78, 5) is 14.9. The van der Waals surface area contributed by atoms with E-state index in [1.54, 1.807) is 12.3 Å². The van der Waals surface area contributed by atoms with Crippen molar-refractivity contribution in [3.05, 3.63) is 93.9 Å². The predicted molar refractivity (Wildman–Crippen MR) is 117 cm³/mol. The number of likely N-dealkylation sites (tertiary alicyclic amines) is 1. The van der Waals surface area contributed by atoms with E-state index in [0.29, 0.717) is 13.1 Å². The number of nitrogens with one attached hydrogen (secondary N) is 1. The number of anilines is 1. The highest BCUT2D eigenvalue weighted by atomic mass is 16.1. The molecule has 0 amide bonds. The van der Waals surface area contributed by atoms with E-state index in [9.17, 15) is 4.79 Å². The summed E-state index contributed by atoms with van der Waals surface area (Å²) in [7, 11) is 0. The summed E-state index contributed by atoms with van der Waals surface area (Å²) in [6, 6.07) is 20.5. The van der Waals surface area contributed by atoms with E-state index in [4.69, 9.17) is 0 Å². The van der Waals surface area contributed by atoms with Crippen molar-refractivity contribution >= 4 is 5.69 Å². The van der Waals surface area contributed by atoms with E-state index >= 15 is 0 Å². The summed E-state index contributed by atoms with van der Waals surface area (Å²) in [6.07, 6.45) is 5.16. The van der Waals surface area contributed by atoms with E-state index in [-0.39, 0.29) is 5.56 Å². The Balaban J connectivity index is 1.29. The Labute approximate surface area is 172 Å². The van der Waals surface area contributed by atoms with Gasteiger partial charge in [0.2, 0.25) is 0 Å². The van der Waals surface area contributed by atoms with Crippen LogP contribution in [0.1, 0.15) is 29.5 Å². The first-order chi connectivity index (χ1) is 14.3. The topological polar surface area (TPSA) is 50.2 Å². The van der Waals surface area contributed by atoms with Gasteiger partial charge >= 0.3 is 0 Å². The largest absolute Gasteiger partial charge is 0.380 e. The van der Waals surface area contributed by atoms with Crippen LogP contribution in [0.4, 0.5) is 5.69 Å². The zero-order chi connectivity index (χ0) is 19.9. The van der Waals surface area contributed by atoms with Crippen LogP contribution in [0.5, 0.6) is 0 Å². The van der Waals surface area contributed by atoms with Gasteiger partial charge in [-0.1, -0.05) is 54.6 Å². The monoisotopic (exact) mass is 388 g/mol. The first-order valence-electron chi connectivity index (χ1n) is 10.4. The third kappa shape index (κ3) is 5.55. The highest BCUT2D eigenvalue weighted by Gasteiger charge is 2.11. The number of benzene rings is 2. The molecular weight excluding hydrogens is 360 g/mol. The molecule has 2 heterocycles. The summed E-state index contributed by atoms with van der Waals surface area (Å²) in [6.45, 7) is 4.73. The number of aromatic nitrogens is 2. The minimum absolute atomic E-state index is 0.0753. The third-order valence-corrected chi connectivity index (χ3v) is 5.45. The quantitative estimate of drug-likeness (QED) is 0.639. The summed E-state index contributed by atoms with van der Waals surface area (Å²) in [5, 5.41) is 7.59. The molecule has 0 atom stereocenters. The van der Waals surface area contributed by atoms with Gasteiger partial charge in [0.15, 0.2) is 0 Å². The molecule has 0 saturated carbocycles. The molecule has 1 aliphatic rings. The van der Waals surface area contributed by atoms with Crippen molar-refractivity contribution in [2.45, 2.75) is 38.9 Å². The second-order valence-corrected chi connectivity index (χ2v) is 7.69. The molecule has 4 rings (SSSR count). The van der Waals surface area contributed by atoms with Gasteiger partial charge in [0.25, 0.3) is 5.56 Å². The molecular formula is C24H28N4O. The molecule has 1 fully saturated rings. The average Bonchev–Trinajstić information content (AvgIpc) is 3.26. The Morgan fingerprint density at radius 2 is 1.62 bits per heavy atom. The number of nitrogens with zero attached hydrogens (tertiary/aromatic N) is 3. The zero-order valence-electron chi connectivity index (χ0n) is 16.8. The number of aryl methyl sites for hydroxylation is 2. The Kier molecular flexibility index (Phi) is 6.37. The fraction of sp³-hybridized carbons (Fsp3) is 0.333. The normalized spacial score (nSPS) is 14.2. The van der Waals surface area contributed by atoms with E-state index in [1.807, 2.05) is 18.2 Å². The smallest absolute Gasteiger partial charge is 0.268 e. The molecule has 0 spiro atoms. The van der Waals surface area contributed by atoms with Crippen LogP contribution in [0.25, 0.3) is 0 Å². The van der Waals surface area contributed by atoms with Gasteiger partial charge in [-0.05, 0) is 49.0 Å². The van der Waals surface area contributed by atoms with Crippen LogP contribution in [-0.2, 0) is 26.1 Å². The van der Waals surface area contributed by atoms with Gasteiger partial charge in [0, 0.05) is 25.7 Å². The van der Waals surface area contributed by atoms with Gasteiger partial charge in [-0.2, -0.15) is 5.10 Å². The van der Waals surface area contributed by atoms with Gasteiger partial charge < -0.3 is 5.32 Å². The molecule has 2 aromatic carbocycles. The molecule has 1 aliphatic heterocycles. The van der Waals surface area contributed by atoms with Crippen molar-refractivity contribution in [3.63, 3.8) is 0 Å². The van der Waals surface area contributed by atoms with Crippen molar-refractivity contribution in [3.8, 4) is 0 Å². The van der Waals surface area contributed by atoms with Gasteiger partial charge in [0.1, 0.15) is 0 Å². The van der Waals surface area contributed by atoms with Crippen LogP contribution in [0.2, 0.25) is 0 Å². The molecule has 0 unspecified atom stereocenters. The van der Waals surface area contributed by atoms with Crippen LogP contribution < -0.4 is 10.9 Å². The molecule has 3 aromatic rings. The van der Waals surface area contributed by atoms with Crippen molar-refractivity contribution in [2.75, 3.05) is 18.4 Å². The maximum atomic E-state index is 12.4. The van der Waals surface area contributed by atoms with E-state index in [2.05, 4.69) is 51.7 Å². The summed E-state index contributed by atoms with van der Waals surface area (Å²) >= 11 is 0. The minimum atomic E-state index is -0.0753. The lowest BCUT2D eigenvalue weighted by atomic mass is 10.1. The lowest BCUT2D eigenvalue weighted by molar-refractivity contribution is 0.331. The van der Waals surface area contributed by atoms with Crippen molar-refractivity contribution in [2.24, 2.45) is 0 Å². The lowest BCUT2D eigenvalue weighted by Crippen LogP contribution is -2.23. The SMILES string of the molecule is O=c1cc(NCc2ccccc2)cnn1CCc1ccc(CN2CCCC2)cc1. The second-order valence-electron chi connectivity index (χ2n) is 7.69. The highest BCUT2D eigenvalue weighted by Crippen LogP contribution is 2.14. The van der Waals surface area contributed by atoms with Gasteiger partial charge in [0.05, 0.1) is 11.9 Å². The highest BCUT2D eigenvalue weighted by molar-refractivity contribution is 5.39. The summed E-state index contributed by atoms with van der Waals surface area (Å²) in [5.41, 5.74) is 4.44. The maximum absolute atomic E-state index is 12.4. The average molecular weight is 389 g/mol. The number of rotatable bonds is 8. The Morgan fingerprint density at radius 3 is 2.34 bits per heavy atom. The Morgan fingerprint density at radius 1 is 0.897 bits per heavy atom. The van der Waals surface area contributed by atoms with Gasteiger partial charge in [-0.15, -0.1) is 0 Å². The molecule has 0 aliphatic carbocycles. The summed E-state index contributed by atoms with van der Waals surface area (Å²) < 4.78 is 1.53. The standard InChI is InChI=1S/C24H28N4O/c29-24-16-23(25-17-21-6-2-1-3-7-21)18-26-28(24)15-12-20-8-10-22(11-9-20)19-27-13-4-5-14-27/h1-3,6-11,16,18,25H,4-5,12-15,17,19H2. The third-order valence-electron chi connectivity index (χ3n) is 5.45. The molecule has 1 saturated heterocycles. The van der Waals surface area contributed by atoms with Crippen LogP contribution >= 0.6 is 0 Å². The number of hydrogen-bond donors (Lipinski definition) is 1. The summed E-state index contributed by atoms with van der Waals surface area (Å²) in [5.74, 6) is 0. The minimum Gasteiger partial charge on any atom is -0.380 e. The van der Waals surface area contributed by atoms with Crippen molar-refractivity contribution < 1.29 is 0 Å². The Bertz CT molecular complexity index is 960.